The maximum absolute atomic E-state index is 12.6. The van der Waals surface area contributed by atoms with Gasteiger partial charge in [-0.15, -0.1) is 0 Å². The second kappa shape index (κ2) is 7.48. The standard InChI is InChI=1S/C18H22N4O3/c1-13-11-17(25-20-13)12-21-7-9-22(10-8-21)18(24)15-3-5-16(6-4-15)19-14(2)23/h3-6,11H,7-10,12H2,1-2H3,(H,19,23). The number of hydrogen-bond acceptors (Lipinski definition) is 5. The Morgan fingerprint density at radius 2 is 1.84 bits per heavy atom. The molecule has 1 aromatic carbocycles. The van der Waals surface area contributed by atoms with Crippen LogP contribution in [0.4, 0.5) is 5.69 Å². The molecular formula is C18H22N4O3. The Hall–Kier alpha value is -2.67. The number of rotatable bonds is 4. The average molecular weight is 342 g/mol. The van der Waals surface area contributed by atoms with Crippen LogP contribution < -0.4 is 5.32 Å². The molecule has 1 fully saturated rings. The molecule has 1 saturated heterocycles. The maximum Gasteiger partial charge on any atom is 0.253 e. The van der Waals surface area contributed by atoms with E-state index in [-0.39, 0.29) is 11.8 Å². The molecule has 2 heterocycles. The minimum atomic E-state index is -0.128. The van der Waals surface area contributed by atoms with Gasteiger partial charge in [-0.3, -0.25) is 14.5 Å². The number of carbonyl (C=O) groups is 2. The number of aromatic nitrogens is 1. The molecule has 2 aromatic rings. The molecule has 0 bridgehead atoms. The number of piperazine rings is 1. The summed E-state index contributed by atoms with van der Waals surface area (Å²) in [5.41, 5.74) is 2.20. The third kappa shape index (κ3) is 4.45. The van der Waals surface area contributed by atoms with Crippen LogP contribution in [0.25, 0.3) is 0 Å². The van der Waals surface area contributed by atoms with E-state index in [0.29, 0.717) is 30.9 Å². The van der Waals surface area contributed by atoms with E-state index in [4.69, 9.17) is 4.52 Å². The second-order valence-electron chi connectivity index (χ2n) is 6.26. The Kier molecular flexibility index (Phi) is 5.14. The quantitative estimate of drug-likeness (QED) is 0.918. The van der Waals surface area contributed by atoms with Crippen LogP contribution in [0.15, 0.2) is 34.9 Å². The van der Waals surface area contributed by atoms with Crippen molar-refractivity contribution in [1.82, 2.24) is 15.0 Å². The lowest BCUT2D eigenvalue weighted by atomic mass is 10.1. The van der Waals surface area contributed by atoms with Gasteiger partial charge in [-0.2, -0.15) is 0 Å². The van der Waals surface area contributed by atoms with Crippen molar-refractivity contribution in [2.45, 2.75) is 20.4 Å². The van der Waals surface area contributed by atoms with Crippen LogP contribution in [0.2, 0.25) is 0 Å². The van der Waals surface area contributed by atoms with Crippen molar-refractivity contribution in [3.63, 3.8) is 0 Å². The highest BCUT2D eigenvalue weighted by Gasteiger charge is 2.22. The van der Waals surface area contributed by atoms with Gasteiger partial charge in [0.15, 0.2) is 5.76 Å². The fraction of sp³-hybridized carbons (Fsp3) is 0.389. The van der Waals surface area contributed by atoms with Gasteiger partial charge in [0.2, 0.25) is 5.91 Å². The van der Waals surface area contributed by atoms with Gasteiger partial charge in [-0.25, -0.2) is 0 Å². The van der Waals surface area contributed by atoms with Gasteiger partial charge < -0.3 is 14.7 Å². The zero-order chi connectivity index (χ0) is 17.8. The maximum atomic E-state index is 12.6. The minimum Gasteiger partial charge on any atom is -0.360 e. The first-order chi connectivity index (χ1) is 12.0. The molecule has 0 spiro atoms. The predicted molar refractivity (Wildman–Crippen MR) is 93.2 cm³/mol. The Morgan fingerprint density at radius 1 is 1.16 bits per heavy atom. The van der Waals surface area contributed by atoms with Crippen LogP contribution in [-0.2, 0) is 11.3 Å². The van der Waals surface area contributed by atoms with Gasteiger partial charge in [-0.05, 0) is 31.2 Å². The third-order valence-corrected chi connectivity index (χ3v) is 4.17. The first-order valence-electron chi connectivity index (χ1n) is 8.33. The molecule has 1 aliphatic rings. The van der Waals surface area contributed by atoms with E-state index < -0.39 is 0 Å². The van der Waals surface area contributed by atoms with Gasteiger partial charge in [-0.1, -0.05) is 5.16 Å². The smallest absolute Gasteiger partial charge is 0.253 e. The monoisotopic (exact) mass is 342 g/mol. The summed E-state index contributed by atoms with van der Waals surface area (Å²) in [7, 11) is 0. The van der Waals surface area contributed by atoms with Crippen LogP contribution in [0.3, 0.4) is 0 Å². The highest BCUT2D eigenvalue weighted by atomic mass is 16.5. The van der Waals surface area contributed by atoms with E-state index in [2.05, 4.69) is 15.4 Å². The van der Waals surface area contributed by atoms with Crippen LogP contribution in [0.5, 0.6) is 0 Å². The van der Waals surface area contributed by atoms with Gasteiger partial charge >= 0.3 is 0 Å². The van der Waals surface area contributed by atoms with E-state index in [0.717, 1.165) is 24.5 Å². The number of amides is 2. The molecule has 25 heavy (non-hydrogen) atoms. The third-order valence-electron chi connectivity index (χ3n) is 4.17. The first kappa shape index (κ1) is 17.2. The molecular weight excluding hydrogens is 320 g/mol. The number of carbonyl (C=O) groups excluding carboxylic acids is 2. The summed E-state index contributed by atoms with van der Waals surface area (Å²) in [6, 6.07) is 8.93. The molecule has 0 unspecified atom stereocenters. The molecule has 1 N–H and O–H groups in total. The van der Waals surface area contributed by atoms with Crippen molar-refractivity contribution < 1.29 is 14.1 Å². The number of aryl methyl sites for hydroxylation is 1. The summed E-state index contributed by atoms with van der Waals surface area (Å²) in [4.78, 5) is 27.7. The lowest BCUT2D eigenvalue weighted by Gasteiger charge is -2.34. The number of nitrogens with zero attached hydrogens (tertiary/aromatic N) is 3. The van der Waals surface area contributed by atoms with Crippen LogP contribution in [0.1, 0.15) is 28.7 Å². The van der Waals surface area contributed by atoms with Crippen LogP contribution in [0, 0.1) is 6.92 Å². The van der Waals surface area contributed by atoms with Crippen LogP contribution >= 0.6 is 0 Å². The van der Waals surface area contributed by atoms with Crippen molar-refractivity contribution in [2.24, 2.45) is 0 Å². The molecule has 7 heteroatoms. The van der Waals surface area contributed by atoms with E-state index in [1.165, 1.54) is 6.92 Å². The Bertz CT molecular complexity index is 746. The molecule has 132 valence electrons. The Labute approximate surface area is 146 Å². The summed E-state index contributed by atoms with van der Waals surface area (Å²) in [6.07, 6.45) is 0. The summed E-state index contributed by atoms with van der Waals surface area (Å²) in [6.45, 7) is 7.04. The number of benzene rings is 1. The topological polar surface area (TPSA) is 78.7 Å². The Morgan fingerprint density at radius 3 is 2.40 bits per heavy atom. The van der Waals surface area contributed by atoms with E-state index >= 15 is 0 Å². The van der Waals surface area contributed by atoms with Crippen molar-refractivity contribution in [2.75, 3.05) is 31.5 Å². The lowest BCUT2D eigenvalue weighted by molar-refractivity contribution is -0.114. The summed E-state index contributed by atoms with van der Waals surface area (Å²) in [5, 5.41) is 6.59. The largest absolute Gasteiger partial charge is 0.360 e. The molecule has 7 nitrogen and oxygen atoms in total. The van der Waals surface area contributed by atoms with Gasteiger partial charge in [0.05, 0.1) is 12.2 Å². The number of nitrogens with one attached hydrogen (secondary N) is 1. The van der Waals surface area contributed by atoms with Gasteiger partial charge in [0.1, 0.15) is 0 Å². The normalized spacial score (nSPS) is 15.2. The van der Waals surface area contributed by atoms with E-state index in [9.17, 15) is 9.59 Å². The summed E-state index contributed by atoms with van der Waals surface area (Å²) in [5.74, 6) is 0.743. The predicted octanol–water partition coefficient (Wildman–Crippen LogP) is 1.90. The molecule has 0 radical (unpaired) electrons. The number of anilines is 1. The highest BCUT2D eigenvalue weighted by molar-refractivity contribution is 5.95. The molecule has 0 aliphatic carbocycles. The Balaban J connectivity index is 1.53. The zero-order valence-corrected chi connectivity index (χ0v) is 14.5. The molecule has 0 saturated carbocycles. The number of hydrogen-bond donors (Lipinski definition) is 1. The van der Waals surface area contributed by atoms with E-state index in [1.807, 2.05) is 17.9 Å². The van der Waals surface area contributed by atoms with Crippen molar-refractivity contribution in [3.05, 3.63) is 47.3 Å². The van der Waals surface area contributed by atoms with Gasteiger partial charge in [0, 0.05) is 50.4 Å². The SMILES string of the molecule is CC(=O)Nc1ccc(C(=O)N2CCN(Cc3cc(C)no3)CC2)cc1. The molecule has 1 aliphatic heterocycles. The van der Waals surface area contributed by atoms with E-state index in [1.54, 1.807) is 24.3 Å². The van der Waals surface area contributed by atoms with Crippen LogP contribution in [-0.4, -0.2) is 52.9 Å². The van der Waals surface area contributed by atoms with Gasteiger partial charge in [0.25, 0.3) is 5.91 Å². The molecule has 3 rings (SSSR count). The van der Waals surface area contributed by atoms with Crippen molar-refractivity contribution in [3.8, 4) is 0 Å². The summed E-state index contributed by atoms with van der Waals surface area (Å²) >= 11 is 0. The lowest BCUT2D eigenvalue weighted by Crippen LogP contribution is -2.48. The molecule has 2 amide bonds. The zero-order valence-electron chi connectivity index (χ0n) is 14.5. The fourth-order valence-electron chi connectivity index (χ4n) is 2.90. The average Bonchev–Trinajstić information content (AvgIpc) is 3.00. The van der Waals surface area contributed by atoms with Crippen molar-refractivity contribution >= 4 is 17.5 Å². The fourth-order valence-corrected chi connectivity index (χ4v) is 2.90. The molecule has 0 atom stereocenters. The first-order valence-corrected chi connectivity index (χ1v) is 8.33. The minimum absolute atomic E-state index is 0.0181. The highest BCUT2D eigenvalue weighted by Crippen LogP contribution is 2.14. The van der Waals surface area contributed by atoms with Crippen molar-refractivity contribution in [1.29, 1.82) is 0 Å². The second-order valence-corrected chi connectivity index (χ2v) is 6.26. The summed E-state index contributed by atoms with van der Waals surface area (Å²) < 4.78 is 5.25. The molecule has 1 aromatic heterocycles.